The number of nitrogens with one attached hydrogen (secondary N) is 1. The quantitative estimate of drug-likeness (QED) is 0.320. The van der Waals surface area contributed by atoms with Gasteiger partial charge in [-0.1, -0.05) is 13.3 Å². The van der Waals surface area contributed by atoms with E-state index < -0.39 is 38.5 Å². The average molecular weight is 376 g/mol. The smallest absolute Gasteiger partial charge is 0.410 e. The molecule has 25 heavy (non-hydrogen) atoms. The number of rotatable bonds is 9. The summed E-state index contributed by atoms with van der Waals surface area (Å²) in [7, 11) is -3.44. The standard InChI is InChI=1S/C16H26NO7P/c1-2-6-15(19)23-12-24-16(20)17-9-14(18)11-25(21,22)10-13-7-4-3-5-8-13/h10,21-22H,2-9,11-12H2,1H3/p+1. The average Bonchev–Trinajstić information content (AvgIpc) is 2.53. The number of hydrogen-bond donors (Lipinski definition) is 3. The van der Waals surface area contributed by atoms with Crippen LogP contribution in [0.15, 0.2) is 11.4 Å². The van der Waals surface area contributed by atoms with Gasteiger partial charge < -0.3 is 14.8 Å². The lowest BCUT2D eigenvalue weighted by Gasteiger charge is -2.15. The predicted octanol–water partition coefficient (Wildman–Crippen LogP) is 2.26. The number of alkyl carbamates (subject to hydrolysis) is 1. The van der Waals surface area contributed by atoms with Crippen molar-refractivity contribution >= 4 is 25.6 Å². The number of Topliss-reactive ketones (excluding diaryl/α,β-unsaturated/α-hetero) is 1. The maximum atomic E-state index is 11.8. The number of hydrogen-bond acceptors (Lipinski definition) is 7. The van der Waals surface area contributed by atoms with Gasteiger partial charge in [-0.2, -0.15) is 0 Å². The first-order valence-corrected chi connectivity index (χ1v) is 10.4. The lowest BCUT2D eigenvalue weighted by Crippen LogP contribution is -2.32. The molecule has 0 saturated heterocycles. The number of ketones is 1. The van der Waals surface area contributed by atoms with Gasteiger partial charge >= 0.3 is 12.1 Å². The fraction of sp³-hybridized carbons (Fsp3) is 0.688. The third-order valence-electron chi connectivity index (χ3n) is 3.59. The van der Waals surface area contributed by atoms with E-state index in [1.807, 2.05) is 6.92 Å². The minimum Gasteiger partial charge on any atom is -0.428 e. The summed E-state index contributed by atoms with van der Waals surface area (Å²) in [4.78, 5) is 54.3. The topological polar surface area (TPSA) is 122 Å². The first-order valence-electron chi connectivity index (χ1n) is 8.44. The number of ether oxygens (including phenoxy) is 2. The molecule has 1 amide bonds. The minimum atomic E-state index is -3.44. The maximum absolute atomic E-state index is 11.8. The molecule has 1 aliphatic rings. The normalized spacial score (nSPS) is 14.6. The molecule has 0 aromatic rings. The van der Waals surface area contributed by atoms with E-state index in [0.29, 0.717) is 6.42 Å². The fourth-order valence-electron chi connectivity index (χ4n) is 2.44. The van der Waals surface area contributed by atoms with Gasteiger partial charge in [0.05, 0.1) is 6.54 Å². The zero-order valence-electron chi connectivity index (χ0n) is 14.5. The monoisotopic (exact) mass is 376 g/mol. The van der Waals surface area contributed by atoms with Crippen molar-refractivity contribution in [3.63, 3.8) is 0 Å². The lowest BCUT2D eigenvalue weighted by atomic mass is 9.96. The van der Waals surface area contributed by atoms with Crippen LogP contribution in [0.4, 0.5) is 4.79 Å². The second kappa shape index (κ2) is 11.2. The number of allylic oxidation sites excluding steroid dienone is 1. The highest BCUT2D eigenvalue weighted by molar-refractivity contribution is 7.68. The molecule has 1 fully saturated rings. The predicted molar refractivity (Wildman–Crippen MR) is 92.8 cm³/mol. The van der Waals surface area contributed by atoms with Gasteiger partial charge in [-0.25, -0.2) is 14.6 Å². The van der Waals surface area contributed by atoms with Crippen LogP contribution in [0.25, 0.3) is 0 Å². The van der Waals surface area contributed by atoms with E-state index in [2.05, 4.69) is 14.8 Å². The molecule has 1 aliphatic carbocycles. The van der Waals surface area contributed by atoms with Crippen molar-refractivity contribution in [2.24, 2.45) is 0 Å². The van der Waals surface area contributed by atoms with Gasteiger partial charge in [-0.05, 0) is 37.7 Å². The molecular formula is C16H27NO7P+. The summed E-state index contributed by atoms with van der Waals surface area (Å²) in [5, 5.41) is 2.19. The SMILES string of the molecule is CCCC(=O)OCOC(=O)NCC(=O)C[P+](O)(O)C=C1CCCCC1. The molecule has 0 aliphatic heterocycles. The van der Waals surface area contributed by atoms with Crippen LogP contribution in [-0.2, 0) is 19.1 Å². The van der Waals surface area contributed by atoms with Crippen LogP contribution in [0.1, 0.15) is 51.9 Å². The van der Waals surface area contributed by atoms with Crippen LogP contribution in [0.5, 0.6) is 0 Å². The number of esters is 1. The molecule has 0 bridgehead atoms. The molecule has 9 heteroatoms. The van der Waals surface area contributed by atoms with Gasteiger partial charge in [0.25, 0.3) is 7.72 Å². The second-order valence-corrected chi connectivity index (χ2v) is 8.15. The molecule has 0 spiro atoms. The molecule has 0 aromatic carbocycles. The molecular weight excluding hydrogens is 349 g/mol. The zero-order chi connectivity index (χ0) is 18.7. The van der Waals surface area contributed by atoms with Crippen molar-refractivity contribution in [2.75, 3.05) is 19.5 Å². The second-order valence-electron chi connectivity index (χ2n) is 6.00. The zero-order valence-corrected chi connectivity index (χ0v) is 15.4. The van der Waals surface area contributed by atoms with Crippen molar-refractivity contribution < 1.29 is 33.6 Å². The van der Waals surface area contributed by atoms with Crippen molar-refractivity contribution in [1.82, 2.24) is 5.32 Å². The van der Waals surface area contributed by atoms with E-state index >= 15 is 0 Å². The Balaban J connectivity index is 2.26. The Morgan fingerprint density at radius 1 is 1.16 bits per heavy atom. The van der Waals surface area contributed by atoms with Gasteiger partial charge in [-0.15, -0.1) is 0 Å². The summed E-state index contributed by atoms with van der Waals surface area (Å²) in [6.07, 6.45) is 4.38. The largest absolute Gasteiger partial charge is 0.428 e. The number of carbonyl (C=O) groups excluding carboxylic acids is 3. The Morgan fingerprint density at radius 3 is 2.48 bits per heavy atom. The molecule has 0 radical (unpaired) electrons. The van der Waals surface area contributed by atoms with Gasteiger partial charge in [0.15, 0.2) is 11.9 Å². The number of amides is 1. The molecule has 1 rings (SSSR count). The van der Waals surface area contributed by atoms with Gasteiger partial charge in [0, 0.05) is 6.42 Å². The van der Waals surface area contributed by atoms with Gasteiger partial charge in [-0.3, -0.25) is 9.59 Å². The summed E-state index contributed by atoms with van der Waals surface area (Å²) in [5.74, 6) is 0.457. The summed E-state index contributed by atoms with van der Waals surface area (Å²) >= 11 is 0. The van der Waals surface area contributed by atoms with E-state index in [0.717, 1.165) is 37.7 Å². The van der Waals surface area contributed by atoms with Crippen LogP contribution in [0.3, 0.4) is 0 Å². The Labute approximate surface area is 148 Å². The van der Waals surface area contributed by atoms with E-state index in [9.17, 15) is 24.2 Å². The van der Waals surface area contributed by atoms with E-state index in [-0.39, 0.29) is 13.0 Å². The molecule has 8 nitrogen and oxygen atoms in total. The van der Waals surface area contributed by atoms with Crippen LogP contribution < -0.4 is 5.32 Å². The Hall–Kier alpha value is -1.50. The fourth-order valence-corrected chi connectivity index (χ4v) is 4.00. The highest BCUT2D eigenvalue weighted by Gasteiger charge is 2.34. The molecule has 0 unspecified atom stereocenters. The van der Waals surface area contributed by atoms with Crippen molar-refractivity contribution in [2.45, 2.75) is 51.9 Å². The van der Waals surface area contributed by atoms with Gasteiger partial charge in [0.1, 0.15) is 5.82 Å². The van der Waals surface area contributed by atoms with Crippen molar-refractivity contribution in [3.05, 3.63) is 11.4 Å². The third-order valence-corrected chi connectivity index (χ3v) is 5.18. The van der Waals surface area contributed by atoms with E-state index in [1.165, 1.54) is 5.82 Å². The molecule has 0 heterocycles. The third kappa shape index (κ3) is 10.2. The Kier molecular flexibility index (Phi) is 9.63. The highest BCUT2D eigenvalue weighted by Crippen LogP contribution is 2.53. The summed E-state index contributed by atoms with van der Waals surface area (Å²) in [6, 6.07) is 0. The van der Waals surface area contributed by atoms with Crippen molar-refractivity contribution in [1.29, 1.82) is 0 Å². The molecule has 0 aromatic heterocycles. The Morgan fingerprint density at radius 2 is 1.84 bits per heavy atom. The highest BCUT2D eigenvalue weighted by atomic mass is 31.2. The first-order chi connectivity index (χ1) is 11.8. The molecule has 3 N–H and O–H groups in total. The maximum Gasteiger partial charge on any atom is 0.410 e. The van der Waals surface area contributed by atoms with Gasteiger partial charge in [0.2, 0.25) is 6.79 Å². The van der Waals surface area contributed by atoms with Crippen LogP contribution in [-0.4, -0.2) is 47.1 Å². The van der Waals surface area contributed by atoms with Crippen LogP contribution in [0.2, 0.25) is 0 Å². The van der Waals surface area contributed by atoms with E-state index in [4.69, 9.17) is 0 Å². The van der Waals surface area contributed by atoms with Crippen molar-refractivity contribution in [3.8, 4) is 0 Å². The molecule has 0 atom stereocenters. The molecule has 142 valence electrons. The summed E-state index contributed by atoms with van der Waals surface area (Å²) < 4.78 is 9.22. The number of carbonyl (C=O) groups is 3. The summed E-state index contributed by atoms with van der Waals surface area (Å²) in [6.45, 7) is 0.908. The minimum absolute atomic E-state index is 0.234. The molecule has 1 saturated carbocycles. The van der Waals surface area contributed by atoms with E-state index in [1.54, 1.807) is 0 Å². The summed E-state index contributed by atoms with van der Waals surface area (Å²) in [5.41, 5.74) is 0.985. The van der Waals surface area contributed by atoms with Crippen LogP contribution >= 0.6 is 7.72 Å². The van der Waals surface area contributed by atoms with Crippen LogP contribution in [0, 0.1) is 0 Å². The first kappa shape index (κ1) is 21.5. The Bertz CT molecular complexity index is 497. The lowest BCUT2D eigenvalue weighted by molar-refractivity contribution is -0.151.